The molecule has 1 aromatic rings. The van der Waals surface area contributed by atoms with Gasteiger partial charge < -0.3 is 14.7 Å². The second-order valence-electron chi connectivity index (χ2n) is 6.78. The maximum atomic E-state index is 12.7. The number of fused-ring (bicyclic) bond motifs is 1. The van der Waals surface area contributed by atoms with Gasteiger partial charge in [0, 0.05) is 23.1 Å². The highest BCUT2D eigenvalue weighted by molar-refractivity contribution is 7.99. The molecular weight excluding hydrogens is 338 g/mol. The van der Waals surface area contributed by atoms with Crippen LogP contribution in [0.25, 0.3) is 0 Å². The molecule has 1 heterocycles. The van der Waals surface area contributed by atoms with Crippen LogP contribution in [0.4, 0.5) is 0 Å². The van der Waals surface area contributed by atoms with Crippen LogP contribution in [0.1, 0.15) is 38.5 Å². The second-order valence-corrected chi connectivity index (χ2v) is 7.94. The van der Waals surface area contributed by atoms with Gasteiger partial charge in [-0.3, -0.25) is 4.79 Å². The largest absolute Gasteiger partial charge is 0.497 e. The molecule has 1 amide bonds. The van der Waals surface area contributed by atoms with E-state index in [1.807, 2.05) is 24.3 Å². The molecule has 0 bridgehead atoms. The van der Waals surface area contributed by atoms with Crippen LogP contribution in [0.15, 0.2) is 29.2 Å². The van der Waals surface area contributed by atoms with Crippen molar-refractivity contribution in [1.29, 1.82) is 0 Å². The Bertz CT molecular complexity index is 618. The zero-order valence-electron chi connectivity index (χ0n) is 14.5. The maximum absolute atomic E-state index is 12.7. The summed E-state index contributed by atoms with van der Waals surface area (Å²) in [7, 11) is 1.63. The Morgan fingerprint density at radius 1 is 1.24 bits per heavy atom. The minimum atomic E-state index is -0.856. The molecule has 3 unspecified atom stereocenters. The fourth-order valence-corrected chi connectivity index (χ4v) is 4.94. The first kappa shape index (κ1) is 18.1. The third-order valence-electron chi connectivity index (χ3n) is 5.31. The lowest BCUT2D eigenvalue weighted by molar-refractivity contribution is -0.149. The molecule has 1 N–H and O–H groups in total. The smallest absolute Gasteiger partial charge is 0.326 e. The summed E-state index contributed by atoms with van der Waals surface area (Å²) >= 11 is 1.62. The van der Waals surface area contributed by atoms with Gasteiger partial charge in [0.2, 0.25) is 5.91 Å². The van der Waals surface area contributed by atoms with E-state index in [1.54, 1.807) is 23.8 Å². The number of nitrogens with zero attached hydrogens (tertiary/aromatic N) is 1. The third-order valence-corrected chi connectivity index (χ3v) is 6.32. The molecule has 1 aliphatic carbocycles. The maximum Gasteiger partial charge on any atom is 0.326 e. The number of carbonyl (C=O) groups is 2. The topological polar surface area (TPSA) is 66.8 Å². The zero-order chi connectivity index (χ0) is 17.8. The summed E-state index contributed by atoms with van der Waals surface area (Å²) < 4.78 is 5.14. The van der Waals surface area contributed by atoms with Gasteiger partial charge >= 0.3 is 5.97 Å². The van der Waals surface area contributed by atoms with Crippen molar-refractivity contribution in [3.63, 3.8) is 0 Å². The molecule has 0 aromatic heterocycles. The second kappa shape index (κ2) is 8.13. The van der Waals surface area contributed by atoms with Crippen molar-refractivity contribution in [3.05, 3.63) is 24.3 Å². The van der Waals surface area contributed by atoms with E-state index in [-0.39, 0.29) is 11.9 Å². The van der Waals surface area contributed by atoms with Gasteiger partial charge in [-0.2, -0.15) is 0 Å². The summed E-state index contributed by atoms with van der Waals surface area (Å²) in [4.78, 5) is 27.1. The van der Waals surface area contributed by atoms with Crippen LogP contribution in [-0.2, 0) is 9.59 Å². The Morgan fingerprint density at radius 2 is 1.96 bits per heavy atom. The van der Waals surface area contributed by atoms with Crippen LogP contribution in [0, 0.1) is 5.92 Å². The molecule has 0 radical (unpaired) electrons. The molecule has 1 saturated carbocycles. The number of amides is 1. The Morgan fingerprint density at radius 3 is 2.64 bits per heavy atom. The van der Waals surface area contributed by atoms with E-state index < -0.39 is 12.0 Å². The average molecular weight is 363 g/mol. The molecule has 1 aromatic carbocycles. The van der Waals surface area contributed by atoms with Crippen molar-refractivity contribution in [2.45, 2.75) is 55.5 Å². The number of thioether (sulfide) groups is 1. The Labute approximate surface area is 152 Å². The first-order valence-corrected chi connectivity index (χ1v) is 9.89. The number of likely N-dealkylation sites (tertiary alicyclic amines) is 1. The Kier molecular flexibility index (Phi) is 5.89. The average Bonchev–Trinajstić information content (AvgIpc) is 3.02. The highest BCUT2D eigenvalue weighted by Crippen LogP contribution is 2.40. The van der Waals surface area contributed by atoms with Gasteiger partial charge in [-0.25, -0.2) is 4.79 Å². The number of hydrogen-bond donors (Lipinski definition) is 1. The van der Waals surface area contributed by atoms with Crippen molar-refractivity contribution in [1.82, 2.24) is 4.90 Å². The molecule has 3 rings (SSSR count). The van der Waals surface area contributed by atoms with E-state index in [2.05, 4.69) is 0 Å². The molecular formula is C19H25NO4S. The van der Waals surface area contributed by atoms with Crippen molar-refractivity contribution >= 4 is 23.6 Å². The molecule has 6 heteroatoms. The summed E-state index contributed by atoms with van der Waals surface area (Å²) in [5.41, 5.74) is 0. The van der Waals surface area contributed by atoms with Gasteiger partial charge in [0.05, 0.1) is 7.11 Å². The standard InChI is InChI=1S/C19H25NO4S/c1-24-14-6-8-15(9-7-14)25-11-10-18(21)20-16-5-3-2-4-13(16)12-17(20)19(22)23/h6-9,13,16-17H,2-5,10-12H2,1H3,(H,22,23). The lowest BCUT2D eigenvalue weighted by Gasteiger charge is -2.33. The highest BCUT2D eigenvalue weighted by atomic mass is 32.2. The summed E-state index contributed by atoms with van der Waals surface area (Å²) in [6.45, 7) is 0. The van der Waals surface area contributed by atoms with Crippen LogP contribution in [0.3, 0.4) is 0 Å². The number of rotatable bonds is 6. The molecule has 136 valence electrons. The number of carboxylic acid groups (broad SMARTS) is 1. The fourth-order valence-electron chi connectivity index (χ4n) is 4.10. The van der Waals surface area contributed by atoms with Crippen LogP contribution in [-0.4, -0.2) is 46.8 Å². The fraction of sp³-hybridized carbons (Fsp3) is 0.579. The number of aliphatic carboxylic acids is 1. The van der Waals surface area contributed by atoms with Crippen molar-refractivity contribution < 1.29 is 19.4 Å². The molecule has 25 heavy (non-hydrogen) atoms. The normalized spacial score (nSPS) is 25.5. The highest BCUT2D eigenvalue weighted by Gasteiger charge is 2.47. The van der Waals surface area contributed by atoms with Crippen LogP contribution >= 0.6 is 11.8 Å². The van der Waals surface area contributed by atoms with Gasteiger partial charge in [-0.15, -0.1) is 11.8 Å². The van der Waals surface area contributed by atoms with Crippen LogP contribution in [0.5, 0.6) is 5.75 Å². The van der Waals surface area contributed by atoms with Crippen LogP contribution in [0.2, 0.25) is 0 Å². The summed E-state index contributed by atoms with van der Waals surface area (Å²) in [5.74, 6) is 0.970. The summed E-state index contributed by atoms with van der Waals surface area (Å²) in [6, 6.07) is 7.25. The third kappa shape index (κ3) is 4.11. The minimum Gasteiger partial charge on any atom is -0.497 e. The van der Waals surface area contributed by atoms with Gasteiger partial charge in [-0.1, -0.05) is 12.8 Å². The minimum absolute atomic E-state index is 0.0113. The van der Waals surface area contributed by atoms with Gasteiger partial charge in [-0.05, 0) is 49.4 Å². The number of methoxy groups -OCH3 is 1. The summed E-state index contributed by atoms with van der Waals surface area (Å²) in [5, 5.41) is 9.52. The number of ether oxygens (including phenoxy) is 1. The molecule has 3 atom stereocenters. The zero-order valence-corrected chi connectivity index (χ0v) is 15.3. The van der Waals surface area contributed by atoms with Crippen molar-refractivity contribution in [2.24, 2.45) is 5.92 Å². The van der Waals surface area contributed by atoms with Crippen LogP contribution < -0.4 is 4.74 Å². The molecule has 5 nitrogen and oxygen atoms in total. The molecule has 1 aliphatic heterocycles. The van der Waals surface area contributed by atoms with Gasteiger partial charge in [0.15, 0.2) is 0 Å². The lowest BCUT2D eigenvalue weighted by atomic mass is 9.84. The monoisotopic (exact) mass is 363 g/mol. The molecule has 2 fully saturated rings. The van der Waals surface area contributed by atoms with E-state index in [0.29, 0.717) is 24.5 Å². The molecule has 1 saturated heterocycles. The number of carbonyl (C=O) groups excluding carboxylic acids is 1. The summed E-state index contributed by atoms with van der Waals surface area (Å²) in [6.07, 6.45) is 5.26. The number of hydrogen-bond acceptors (Lipinski definition) is 4. The van der Waals surface area contributed by atoms with E-state index in [0.717, 1.165) is 36.3 Å². The molecule has 0 spiro atoms. The molecule has 2 aliphatic rings. The SMILES string of the molecule is COc1ccc(SCCC(=O)N2C(C(=O)O)CC3CCCCC32)cc1. The number of benzene rings is 1. The number of carboxylic acids is 1. The Balaban J connectivity index is 1.57. The van der Waals surface area contributed by atoms with Crippen molar-refractivity contribution in [2.75, 3.05) is 12.9 Å². The first-order chi connectivity index (χ1) is 12.1. The first-order valence-electron chi connectivity index (χ1n) is 8.91. The predicted molar refractivity (Wildman–Crippen MR) is 97.0 cm³/mol. The van der Waals surface area contributed by atoms with E-state index >= 15 is 0 Å². The van der Waals surface area contributed by atoms with E-state index in [4.69, 9.17) is 4.74 Å². The Hall–Kier alpha value is -1.69. The van der Waals surface area contributed by atoms with Gasteiger partial charge in [0.1, 0.15) is 11.8 Å². The predicted octanol–water partition coefficient (Wildman–Crippen LogP) is 3.42. The lowest BCUT2D eigenvalue weighted by Crippen LogP contribution is -2.46. The van der Waals surface area contributed by atoms with Gasteiger partial charge in [0.25, 0.3) is 0 Å². The van der Waals surface area contributed by atoms with Crippen molar-refractivity contribution in [3.8, 4) is 5.75 Å². The quantitative estimate of drug-likeness (QED) is 0.785. The van der Waals surface area contributed by atoms with E-state index in [9.17, 15) is 14.7 Å². The van der Waals surface area contributed by atoms with E-state index in [1.165, 1.54) is 0 Å².